The average molecular weight is 302 g/mol. The molecule has 1 aromatic carbocycles. The molecular weight excluding hydrogens is 284 g/mol. The van der Waals surface area contributed by atoms with Gasteiger partial charge in [-0.15, -0.1) is 0 Å². The molecule has 0 saturated carbocycles. The maximum atomic E-state index is 12.1. The zero-order chi connectivity index (χ0) is 15.9. The fraction of sp³-hybridized carbons (Fsp3) is 0.400. The molecule has 1 fully saturated rings. The number of nitrogens with one attached hydrogen (secondary N) is 1. The van der Waals surface area contributed by atoms with Gasteiger partial charge in [0.2, 0.25) is 0 Å². The third kappa shape index (κ3) is 4.04. The quantitative estimate of drug-likeness (QED) is 0.743. The van der Waals surface area contributed by atoms with Crippen molar-refractivity contribution in [3.05, 3.63) is 29.8 Å². The van der Waals surface area contributed by atoms with Crippen LogP contribution in [0.1, 0.15) is 5.56 Å². The van der Waals surface area contributed by atoms with E-state index in [1.165, 1.54) is 4.90 Å². The molecule has 7 heteroatoms. The molecule has 1 saturated heterocycles. The smallest absolute Gasteiger partial charge is 0.313 e. The van der Waals surface area contributed by atoms with Crippen molar-refractivity contribution in [1.29, 1.82) is 5.26 Å². The first-order chi connectivity index (χ1) is 10.6. The average Bonchev–Trinajstić information content (AvgIpc) is 2.56. The van der Waals surface area contributed by atoms with Gasteiger partial charge in [-0.05, 0) is 24.3 Å². The highest BCUT2D eigenvalue weighted by atomic mass is 16.3. The molecule has 1 aliphatic rings. The summed E-state index contributed by atoms with van der Waals surface area (Å²) in [6.07, 6.45) is 0. The summed E-state index contributed by atoms with van der Waals surface area (Å²) in [5, 5.41) is 20.1. The fourth-order valence-corrected chi connectivity index (χ4v) is 2.27. The number of nitriles is 1. The molecule has 1 heterocycles. The molecule has 0 radical (unpaired) electrons. The number of β-amino-alcohol motifs (C(OH)–C–C–N with tert-alkyl or cyclic N) is 1. The van der Waals surface area contributed by atoms with E-state index in [1.807, 2.05) is 11.0 Å². The summed E-state index contributed by atoms with van der Waals surface area (Å²) in [4.78, 5) is 27.6. The van der Waals surface area contributed by atoms with Crippen LogP contribution in [0.5, 0.6) is 0 Å². The number of hydrogen-bond acceptors (Lipinski definition) is 5. The highest BCUT2D eigenvalue weighted by Gasteiger charge is 2.25. The highest BCUT2D eigenvalue weighted by molar-refractivity contribution is 6.39. The monoisotopic (exact) mass is 302 g/mol. The molecule has 0 unspecified atom stereocenters. The Labute approximate surface area is 128 Å². The fourth-order valence-electron chi connectivity index (χ4n) is 2.27. The second-order valence-corrected chi connectivity index (χ2v) is 5.00. The van der Waals surface area contributed by atoms with Crippen molar-refractivity contribution in [3.8, 4) is 6.07 Å². The SMILES string of the molecule is N#Cc1ccc(NC(=O)C(=O)N2CCN(CCO)CC2)cc1. The molecule has 0 spiro atoms. The van der Waals surface area contributed by atoms with Crippen LogP contribution in [-0.2, 0) is 9.59 Å². The van der Waals surface area contributed by atoms with Gasteiger partial charge in [0, 0.05) is 38.4 Å². The van der Waals surface area contributed by atoms with Gasteiger partial charge in [-0.2, -0.15) is 5.26 Å². The van der Waals surface area contributed by atoms with Crippen molar-refractivity contribution < 1.29 is 14.7 Å². The van der Waals surface area contributed by atoms with E-state index in [4.69, 9.17) is 10.4 Å². The number of benzene rings is 1. The van der Waals surface area contributed by atoms with Crippen LogP contribution in [0.15, 0.2) is 24.3 Å². The van der Waals surface area contributed by atoms with Crippen molar-refractivity contribution in [1.82, 2.24) is 9.80 Å². The second kappa shape index (κ2) is 7.54. The van der Waals surface area contributed by atoms with E-state index in [9.17, 15) is 9.59 Å². The van der Waals surface area contributed by atoms with Gasteiger partial charge in [-0.3, -0.25) is 14.5 Å². The molecule has 7 nitrogen and oxygen atoms in total. The molecule has 2 N–H and O–H groups in total. The lowest BCUT2D eigenvalue weighted by Crippen LogP contribution is -2.52. The van der Waals surface area contributed by atoms with Crippen molar-refractivity contribution in [2.24, 2.45) is 0 Å². The third-order valence-electron chi connectivity index (χ3n) is 3.54. The van der Waals surface area contributed by atoms with Crippen LogP contribution in [0.3, 0.4) is 0 Å². The molecule has 2 amide bonds. The highest BCUT2D eigenvalue weighted by Crippen LogP contribution is 2.09. The van der Waals surface area contributed by atoms with Gasteiger partial charge >= 0.3 is 11.8 Å². The maximum absolute atomic E-state index is 12.1. The van der Waals surface area contributed by atoms with Gasteiger partial charge in [0.25, 0.3) is 0 Å². The van der Waals surface area contributed by atoms with Crippen LogP contribution in [-0.4, -0.2) is 66.1 Å². The van der Waals surface area contributed by atoms with Gasteiger partial charge < -0.3 is 15.3 Å². The largest absolute Gasteiger partial charge is 0.395 e. The Balaban J connectivity index is 1.87. The first-order valence-electron chi connectivity index (χ1n) is 7.07. The molecular formula is C15H18N4O3. The van der Waals surface area contributed by atoms with Crippen molar-refractivity contribution in [2.75, 3.05) is 44.6 Å². The number of rotatable bonds is 3. The predicted octanol–water partition coefficient (Wildman–Crippen LogP) is -0.367. The zero-order valence-corrected chi connectivity index (χ0v) is 12.2. The van der Waals surface area contributed by atoms with E-state index in [2.05, 4.69) is 5.32 Å². The van der Waals surface area contributed by atoms with E-state index >= 15 is 0 Å². The van der Waals surface area contributed by atoms with Gasteiger partial charge in [0.05, 0.1) is 18.2 Å². The lowest BCUT2D eigenvalue weighted by atomic mass is 10.2. The van der Waals surface area contributed by atoms with Crippen LogP contribution in [0.2, 0.25) is 0 Å². The normalized spacial score (nSPS) is 15.2. The first-order valence-corrected chi connectivity index (χ1v) is 7.07. The molecule has 0 aromatic heterocycles. The lowest BCUT2D eigenvalue weighted by Gasteiger charge is -2.33. The van der Waals surface area contributed by atoms with Gasteiger partial charge in [0.1, 0.15) is 0 Å². The number of nitrogens with zero attached hydrogens (tertiary/aromatic N) is 3. The summed E-state index contributed by atoms with van der Waals surface area (Å²) >= 11 is 0. The van der Waals surface area contributed by atoms with Gasteiger partial charge in [0.15, 0.2) is 0 Å². The van der Waals surface area contributed by atoms with E-state index < -0.39 is 11.8 Å². The number of hydrogen-bond donors (Lipinski definition) is 2. The molecule has 0 bridgehead atoms. The first kappa shape index (κ1) is 15.9. The Hall–Kier alpha value is -2.43. The lowest BCUT2D eigenvalue weighted by molar-refractivity contribution is -0.144. The number of aliphatic hydroxyl groups excluding tert-OH is 1. The Kier molecular flexibility index (Phi) is 5.47. The van der Waals surface area contributed by atoms with Crippen LogP contribution >= 0.6 is 0 Å². The number of anilines is 1. The number of amides is 2. The summed E-state index contributed by atoms with van der Waals surface area (Å²) in [5.74, 6) is -1.24. The number of carbonyl (C=O) groups excluding carboxylic acids is 2. The minimum Gasteiger partial charge on any atom is -0.395 e. The summed E-state index contributed by atoms with van der Waals surface area (Å²) in [5.41, 5.74) is 0.973. The van der Waals surface area contributed by atoms with E-state index in [0.29, 0.717) is 44.0 Å². The Bertz CT molecular complexity index is 571. The van der Waals surface area contributed by atoms with Crippen molar-refractivity contribution in [2.45, 2.75) is 0 Å². The molecule has 116 valence electrons. The zero-order valence-electron chi connectivity index (χ0n) is 12.2. The molecule has 0 atom stereocenters. The number of aliphatic hydroxyl groups is 1. The molecule has 1 aromatic rings. The summed E-state index contributed by atoms with van der Waals surface area (Å²) in [6.45, 7) is 2.92. The van der Waals surface area contributed by atoms with E-state index in [-0.39, 0.29) is 6.61 Å². The number of carbonyl (C=O) groups is 2. The minimum absolute atomic E-state index is 0.0904. The topological polar surface area (TPSA) is 96.7 Å². The number of piperazine rings is 1. The molecule has 0 aliphatic carbocycles. The van der Waals surface area contributed by atoms with Crippen LogP contribution in [0.4, 0.5) is 5.69 Å². The van der Waals surface area contributed by atoms with E-state index in [0.717, 1.165) is 0 Å². The summed E-state index contributed by atoms with van der Waals surface area (Å²) in [7, 11) is 0. The van der Waals surface area contributed by atoms with Crippen molar-refractivity contribution >= 4 is 17.5 Å². The maximum Gasteiger partial charge on any atom is 0.313 e. The van der Waals surface area contributed by atoms with Crippen LogP contribution in [0, 0.1) is 11.3 Å². The van der Waals surface area contributed by atoms with Crippen LogP contribution < -0.4 is 5.32 Å². The van der Waals surface area contributed by atoms with Crippen molar-refractivity contribution in [3.63, 3.8) is 0 Å². The standard InChI is InChI=1S/C15H18N4O3/c16-11-12-1-3-13(4-2-12)17-14(21)15(22)19-7-5-18(6-8-19)9-10-20/h1-4,20H,5-10H2,(H,17,21). The van der Waals surface area contributed by atoms with E-state index in [1.54, 1.807) is 24.3 Å². The van der Waals surface area contributed by atoms with Gasteiger partial charge in [-0.1, -0.05) is 0 Å². The van der Waals surface area contributed by atoms with Gasteiger partial charge in [-0.25, -0.2) is 0 Å². The third-order valence-corrected chi connectivity index (χ3v) is 3.54. The summed E-state index contributed by atoms with van der Waals surface area (Å²) < 4.78 is 0. The Morgan fingerprint density at radius 3 is 2.36 bits per heavy atom. The second-order valence-electron chi connectivity index (χ2n) is 5.00. The molecule has 22 heavy (non-hydrogen) atoms. The molecule has 1 aliphatic heterocycles. The summed E-state index contributed by atoms with van der Waals surface area (Å²) in [6, 6.07) is 8.31. The predicted molar refractivity (Wildman–Crippen MR) is 79.9 cm³/mol. The minimum atomic E-state index is -0.680. The molecule has 2 rings (SSSR count). The Morgan fingerprint density at radius 2 is 1.82 bits per heavy atom. The Morgan fingerprint density at radius 1 is 1.18 bits per heavy atom. The van der Waals surface area contributed by atoms with Crippen LogP contribution in [0.25, 0.3) is 0 Å².